The number of fused-ring (bicyclic) bond motifs is 3. The van der Waals surface area contributed by atoms with Crippen molar-refractivity contribution in [2.75, 3.05) is 24.3 Å². The van der Waals surface area contributed by atoms with Crippen molar-refractivity contribution in [3.8, 4) is 10.4 Å². The maximum atomic E-state index is 14.9. The van der Waals surface area contributed by atoms with Gasteiger partial charge in [0.05, 0.1) is 12.8 Å². The van der Waals surface area contributed by atoms with E-state index in [1.54, 1.807) is 29.2 Å². The van der Waals surface area contributed by atoms with Gasteiger partial charge in [-0.15, -0.1) is 11.3 Å². The summed E-state index contributed by atoms with van der Waals surface area (Å²) in [5, 5.41) is 0. The van der Waals surface area contributed by atoms with Crippen LogP contribution in [0.25, 0.3) is 10.4 Å². The van der Waals surface area contributed by atoms with Gasteiger partial charge in [0.25, 0.3) is 5.91 Å². The molecule has 0 aliphatic carbocycles. The Labute approximate surface area is 165 Å². The lowest BCUT2D eigenvalue weighted by atomic mass is 10.1. The summed E-state index contributed by atoms with van der Waals surface area (Å²) in [4.78, 5) is 27.3. The third-order valence-electron chi connectivity index (χ3n) is 4.74. The number of carbonyl (C=O) groups is 2. The van der Waals surface area contributed by atoms with E-state index in [0.717, 1.165) is 16.9 Å². The quantitative estimate of drug-likeness (QED) is 0.522. The lowest BCUT2D eigenvalue weighted by Gasteiger charge is -2.23. The van der Waals surface area contributed by atoms with Crippen LogP contribution in [0.3, 0.4) is 0 Å². The molecule has 4 rings (SSSR count). The minimum atomic E-state index is -0.692. The van der Waals surface area contributed by atoms with Gasteiger partial charge in [-0.2, -0.15) is 0 Å². The average molecular weight is 396 g/mol. The molecule has 1 amide bonds. The number of rotatable bonds is 2. The SMILES string of the molecule is COC(=O)c1sc2c(c1F)CCN(C(=O)c1ccc(N)cc1)c1ccccc1-2. The number of amides is 1. The molecule has 0 atom stereocenters. The molecule has 0 bridgehead atoms. The number of methoxy groups -OCH3 is 1. The normalized spacial score (nSPS) is 12.7. The molecule has 0 spiro atoms. The second-order valence-electron chi connectivity index (χ2n) is 6.39. The number of carbonyl (C=O) groups excluding carboxylic acids is 2. The molecule has 142 valence electrons. The first-order valence-corrected chi connectivity index (χ1v) is 9.49. The molecule has 3 aromatic rings. The molecular weight excluding hydrogens is 379 g/mol. The zero-order valence-corrected chi connectivity index (χ0v) is 15.9. The number of ether oxygens (including phenoxy) is 1. The maximum absolute atomic E-state index is 14.9. The van der Waals surface area contributed by atoms with Crippen molar-refractivity contribution in [1.29, 1.82) is 0 Å². The lowest BCUT2D eigenvalue weighted by molar-refractivity contribution is 0.0601. The summed E-state index contributed by atoms with van der Waals surface area (Å²) in [7, 11) is 1.23. The van der Waals surface area contributed by atoms with Gasteiger partial charge in [0, 0.05) is 33.8 Å². The number of thiophene rings is 1. The molecule has 2 heterocycles. The van der Waals surface area contributed by atoms with E-state index < -0.39 is 11.8 Å². The number of nitrogens with zero attached hydrogens (tertiary/aromatic N) is 1. The summed E-state index contributed by atoms with van der Waals surface area (Å²) in [5.41, 5.74) is 8.63. The third-order valence-corrected chi connectivity index (χ3v) is 5.96. The number of esters is 1. The molecule has 2 N–H and O–H groups in total. The van der Waals surface area contributed by atoms with Crippen molar-refractivity contribution in [1.82, 2.24) is 0 Å². The van der Waals surface area contributed by atoms with Gasteiger partial charge in [-0.05, 0) is 36.8 Å². The van der Waals surface area contributed by atoms with E-state index >= 15 is 0 Å². The monoisotopic (exact) mass is 396 g/mol. The molecule has 5 nitrogen and oxygen atoms in total. The standard InChI is InChI=1S/C21H17FN2O3S/c1-27-21(26)19-17(22)15-10-11-24(20(25)12-6-8-13(23)9-7-12)16-5-3-2-4-14(16)18(15)28-19/h2-9H,10-11,23H2,1H3. The first kappa shape index (κ1) is 18.2. The Morgan fingerprint density at radius 1 is 1.14 bits per heavy atom. The van der Waals surface area contributed by atoms with E-state index in [4.69, 9.17) is 10.5 Å². The van der Waals surface area contributed by atoms with Gasteiger partial charge < -0.3 is 15.4 Å². The van der Waals surface area contributed by atoms with Crippen LogP contribution in [0.5, 0.6) is 0 Å². The second-order valence-corrected chi connectivity index (χ2v) is 7.41. The Bertz CT molecular complexity index is 1080. The fourth-order valence-electron chi connectivity index (χ4n) is 3.35. The lowest BCUT2D eigenvalue weighted by Crippen LogP contribution is -2.32. The van der Waals surface area contributed by atoms with Crippen molar-refractivity contribution in [3.05, 3.63) is 70.4 Å². The molecule has 0 saturated heterocycles. The summed E-state index contributed by atoms with van der Waals surface area (Å²) < 4.78 is 19.6. The zero-order chi connectivity index (χ0) is 19.8. The van der Waals surface area contributed by atoms with Crippen molar-refractivity contribution in [2.45, 2.75) is 6.42 Å². The number of hydrogen-bond donors (Lipinski definition) is 1. The number of hydrogen-bond acceptors (Lipinski definition) is 5. The number of halogens is 1. The molecule has 1 aromatic heterocycles. The van der Waals surface area contributed by atoms with Crippen LogP contribution in [0.15, 0.2) is 48.5 Å². The first-order chi connectivity index (χ1) is 13.5. The zero-order valence-electron chi connectivity index (χ0n) is 15.1. The predicted octanol–water partition coefficient (Wildman–Crippen LogP) is 4.13. The molecule has 2 aromatic carbocycles. The van der Waals surface area contributed by atoms with E-state index in [1.807, 2.05) is 24.3 Å². The predicted molar refractivity (Wildman–Crippen MR) is 107 cm³/mol. The first-order valence-electron chi connectivity index (χ1n) is 8.67. The van der Waals surface area contributed by atoms with Crippen LogP contribution in [0.2, 0.25) is 0 Å². The number of benzene rings is 2. The molecule has 0 unspecified atom stereocenters. The summed E-state index contributed by atoms with van der Waals surface area (Å²) in [5.74, 6) is -1.44. The molecule has 1 aliphatic rings. The van der Waals surface area contributed by atoms with Gasteiger partial charge in [0.15, 0.2) is 5.82 Å². The van der Waals surface area contributed by atoms with Crippen molar-refractivity contribution >= 4 is 34.6 Å². The van der Waals surface area contributed by atoms with Crippen LogP contribution in [0.1, 0.15) is 25.6 Å². The van der Waals surface area contributed by atoms with Gasteiger partial charge >= 0.3 is 5.97 Å². The highest BCUT2D eigenvalue weighted by atomic mass is 32.1. The smallest absolute Gasteiger partial charge is 0.351 e. The van der Waals surface area contributed by atoms with Crippen LogP contribution in [0, 0.1) is 5.82 Å². The molecular formula is C21H17FN2O3S. The van der Waals surface area contributed by atoms with Crippen molar-refractivity contribution in [3.63, 3.8) is 0 Å². The van der Waals surface area contributed by atoms with E-state index in [1.165, 1.54) is 7.11 Å². The fraction of sp³-hybridized carbons (Fsp3) is 0.143. The van der Waals surface area contributed by atoms with Crippen molar-refractivity contribution in [2.24, 2.45) is 0 Å². The Morgan fingerprint density at radius 3 is 2.57 bits per heavy atom. The van der Waals surface area contributed by atoms with Gasteiger partial charge in [-0.1, -0.05) is 18.2 Å². The number of nitrogen functional groups attached to an aromatic ring is 1. The molecule has 7 heteroatoms. The topological polar surface area (TPSA) is 72.6 Å². The number of nitrogens with two attached hydrogens (primary N) is 1. The van der Waals surface area contributed by atoms with Crippen LogP contribution >= 0.6 is 11.3 Å². The summed E-state index contributed by atoms with van der Waals surface area (Å²) >= 11 is 1.06. The Morgan fingerprint density at radius 2 is 1.86 bits per heavy atom. The van der Waals surface area contributed by atoms with E-state index in [9.17, 15) is 14.0 Å². The molecule has 1 aliphatic heterocycles. The highest BCUT2D eigenvalue weighted by molar-refractivity contribution is 7.17. The average Bonchev–Trinajstić information content (AvgIpc) is 2.95. The summed E-state index contributed by atoms with van der Waals surface area (Å²) in [6.07, 6.45) is 0.296. The minimum absolute atomic E-state index is 0.0411. The Kier molecular flexibility index (Phi) is 4.60. The van der Waals surface area contributed by atoms with Crippen LogP contribution in [-0.2, 0) is 11.2 Å². The summed E-state index contributed by atoms with van der Waals surface area (Å²) in [6.45, 7) is 0.293. The third kappa shape index (κ3) is 2.93. The maximum Gasteiger partial charge on any atom is 0.351 e. The van der Waals surface area contributed by atoms with Gasteiger partial charge in [0.2, 0.25) is 0 Å². The Balaban J connectivity index is 1.82. The van der Waals surface area contributed by atoms with Gasteiger partial charge in [0.1, 0.15) is 4.88 Å². The van der Waals surface area contributed by atoms with Gasteiger partial charge in [-0.25, -0.2) is 9.18 Å². The number of para-hydroxylation sites is 1. The Hall–Kier alpha value is -3.19. The van der Waals surface area contributed by atoms with Crippen LogP contribution < -0.4 is 10.6 Å². The fourth-order valence-corrected chi connectivity index (χ4v) is 4.53. The van der Waals surface area contributed by atoms with Gasteiger partial charge in [-0.3, -0.25) is 4.79 Å². The molecule has 0 saturated carbocycles. The highest BCUT2D eigenvalue weighted by Crippen LogP contribution is 2.43. The number of anilines is 2. The molecule has 0 fully saturated rings. The van der Waals surface area contributed by atoms with E-state index in [2.05, 4.69) is 0 Å². The van der Waals surface area contributed by atoms with E-state index in [0.29, 0.717) is 40.3 Å². The summed E-state index contributed by atoms with van der Waals surface area (Å²) in [6, 6.07) is 14.0. The second kappa shape index (κ2) is 7.09. The molecule has 28 heavy (non-hydrogen) atoms. The van der Waals surface area contributed by atoms with Crippen LogP contribution in [-0.4, -0.2) is 25.5 Å². The highest BCUT2D eigenvalue weighted by Gasteiger charge is 2.31. The largest absolute Gasteiger partial charge is 0.465 e. The molecule has 0 radical (unpaired) electrons. The van der Waals surface area contributed by atoms with E-state index in [-0.39, 0.29) is 10.8 Å². The van der Waals surface area contributed by atoms with Crippen LogP contribution in [0.4, 0.5) is 15.8 Å². The minimum Gasteiger partial charge on any atom is -0.465 e. The van der Waals surface area contributed by atoms with Crippen molar-refractivity contribution < 1.29 is 18.7 Å².